The van der Waals surface area contributed by atoms with Gasteiger partial charge in [0.05, 0.1) is 24.0 Å². The lowest BCUT2D eigenvalue weighted by Crippen LogP contribution is -2.57. The Labute approximate surface area is 213 Å². The van der Waals surface area contributed by atoms with Gasteiger partial charge in [-0.1, -0.05) is 60.7 Å². The number of nitrogens with zero attached hydrogens (tertiary/aromatic N) is 2. The molecule has 4 amide bonds. The third kappa shape index (κ3) is 4.27. The number of methoxy groups -OCH3 is 1. The lowest BCUT2D eigenvalue weighted by atomic mass is 10.0. The summed E-state index contributed by atoms with van der Waals surface area (Å²) in [6, 6.07) is 25.3. The molecule has 0 aromatic heterocycles. The predicted molar refractivity (Wildman–Crippen MR) is 141 cm³/mol. The Kier molecular flexibility index (Phi) is 6.11. The van der Waals surface area contributed by atoms with E-state index in [1.165, 1.54) is 13.2 Å². The first-order chi connectivity index (χ1) is 17.9. The van der Waals surface area contributed by atoms with Gasteiger partial charge in [-0.25, -0.2) is 19.4 Å². The van der Waals surface area contributed by atoms with Crippen LogP contribution in [-0.2, 0) is 14.3 Å². The van der Waals surface area contributed by atoms with Crippen LogP contribution in [0.25, 0.3) is 16.8 Å². The fourth-order valence-corrected chi connectivity index (χ4v) is 4.34. The van der Waals surface area contributed by atoms with Crippen LogP contribution in [0, 0.1) is 6.92 Å². The molecule has 1 heterocycles. The number of esters is 1. The maximum Gasteiger partial charge on any atom is 0.343 e. The van der Waals surface area contributed by atoms with E-state index in [4.69, 9.17) is 4.74 Å². The predicted octanol–water partition coefficient (Wildman–Crippen LogP) is 5.52. The molecule has 0 aliphatic carbocycles. The summed E-state index contributed by atoms with van der Waals surface area (Å²) in [5.41, 5.74) is 2.26. The second-order valence-corrected chi connectivity index (χ2v) is 8.57. The molecule has 0 N–H and O–H groups in total. The molecule has 4 aromatic carbocycles. The van der Waals surface area contributed by atoms with Crippen molar-refractivity contribution >= 4 is 52.0 Å². The Morgan fingerprint density at radius 2 is 1.46 bits per heavy atom. The smallest absolute Gasteiger partial charge is 0.343 e. The number of urea groups is 1. The van der Waals surface area contributed by atoms with E-state index in [-0.39, 0.29) is 5.57 Å². The Hall–Kier alpha value is -5.04. The molecule has 0 bridgehead atoms. The minimum absolute atomic E-state index is 0.181. The number of barbiturate groups is 1. The molecule has 5 rings (SSSR count). The van der Waals surface area contributed by atoms with Crippen LogP contribution in [0.15, 0.2) is 96.6 Å². The standard InChI is InChI=1S/C30H22N2O5/c1-19-7-5-10-23(17-19)31-27(33)25(18-20-13-15-22(16-14-20)29(35)37-2)28(34)32(30(31)36)26-12-6-9-21-8-3-4-11-24(21)26/h3-18H,1-2H3/b25-18+. The number of rotatable bonds is 4. The molecule has 4 aromatic rings. The van der Waals surface area contributed by atoms with E-state index in [1.807, 2.05) is 43.3 Å². The first-order valence-corrected chi connectivity index (χ1v) is 11.6. The van der Waals surface area contributed by atoms with E-state index in [1.54, 1.807) is 54.6 Å². The zero-order valence-electron chi connectivity index (χ0n) is 20.2. The fourth-order valence-electron chi connectivity index (χ4n) is 4.34. The average Bonchev–Trinajstić information content (AvgIpc) is 2.91. The van der Waals surface area contributed by atoms with Crippen LogP contribution >= 0.6 is 0 Å². The Balaban J connectivity index is 1.67. The van der Waals surface area contributed by atoms with Crippen molar-refractivity contribution in [3.05, 3.63) is 113 Å². The second-order valence-electron chi connectivity index (χ2n) is 8.57. The van der Waals surface area contributed by atoms with Gasteiger partial charge in [0.2, 0.25) is 0 Å². The summed E-state index contributed by atoms with van der Waals surface area (Å²) in [7, 11) is 1.29. The molecule has 0 radical (unpaired) electrons. The number of imide groups is 2. The SMILES string of the molecule is COC(=O)c1ccc(/C=C2\C(=O)N(c3cccc(C)c3)C(=O)N(c3cccc4ccccc34)C2=O)cc1. The number of fused-ring (bicyclic) bond motifs is 1. The van der Waals surface area contributed by atoms with Gasteiger partial charge in [-0.2, -0.15) is 0 Å². The largest absolute Gasteiger partial charge is 0.465 e. The molecular formula is C30H22N2O5. The van der Waals surface area contributed by atoms with Crippen molar-refractivity contribution in [3.63, 3.8) is 0 Å². The molecule has 0 spiro atoms. The molecule has 37 heavy (non-hydrogen) atoms. The van der Waals surface area contributed by atoms with E-state index in [0.717, 1.165) is 20.7 Å². The summed E-state index contributed by atoms with van der Waals surface area (Å²) in [6.07, 6.45) is 1.43. The van der Waals surface area contributed by atoms with Gasteiger partial charge >= 0.3 is 12.0 Å². The van der Waals surface area contributed by atoms with Gasteiger partial charge in [-0.3, -0.25) is 9.59 Å². The number of carbonyl (C=O) groups is 4. The van der Waals surface area contributed by atoms with E-state index >= 15 is 0 Å². The molecule has 182 valence electrons. The summed E-state index contributed by atoms with van der Waals surface area (Å²) in [5.74, 6) is -1.95. The van der Waals surface area contributed by atoms with E-state index in [2.05, 4.69) is 0 Å². The highest BCUT2D eigenvalue weighted by atomic mass is 16.5. The maximum absolute atomic E-state index is 13.8. The first kappa shape index (κ1) is 23.7. The van der Waals surface area contributed by atoms with E-state index in [0.29, 0.717) is 27.9 Å². The highest BCUT2D eigenvalue weighted by Gasteiger charge is 2.44. The fraction of sp³-hybridized carbons (Fsp3) is 0.0667. The highest BCUT2D eigenvalue weighted by molar-refractivity contribution is 6.46. The summed E-state index contributed by atoms with van der Waals surface area (Å²) in [5, 5.41) is 1.55. The van der Waals surface area contributed by atoms with Crippen molar-refractivity contribution < 1.29 is 23.9 Å². The number of hydrogen-bond donors (Lipinski definition) is 0. The minimum Gasteiger partial charge on any atom is -0.465 e. The van der Waals surface area contributed by atoms with Crippen LogP contribution in [0.2, 0.25) is 0 Å². The summed E-state index contributed by atoms with van der Waals surface area (Å²) in [4.78, 5) is 55.1. The van der Waals surface area contributed by atoms with Crippen LogP contribution in [0.1, 0.15) is 21.5 Å². The molecule has 0 atom stereocenters. The van der Waals surface area contributed by atoms with Gasteiger partial charge in [0.15, 0.2) is 0 Å². The van der Waals surface area contributed by atoms with Crippen molar-refractivity contribution in [3.8, 4) is 0 Å². The Bertz CT molecular complexity index is 1600. The second kappa shape index (κ2) is 9.54. The zero-order valence-corrected chi connectivity index (χ0v) is 20.2. The number of ether oxygens (including phenoxy) is 1. The third-order valence-corrected chi connectivity index (χ3v) is 6.16. The minimum atomic E-state index is -0.754. The Morgan fingerprint density at radius 1 is 0.784 bits per heavy atom. The van der Waals surface area contributed by atoms with Crippen molar-refractivity contribution in [1.29, 1.82) is 0 Å². The van der Waals surface area contributed by atoms with Gasteiger partial charge in [-0.05, 0) is 59.8 Å². The number of carbonyl (C=O) groups excluding carboxylic acids is 4. The molecule has 1 aliphatic rings. The van der Waals surface area contributed by atoms with Gasteiger partial charge < -0.3 is 4.74 Å². The third-order valence-electron chi connectivity index (χ3n) is 6.16. The number of anilines is 2. The van der Waals surface area contributed by atoms with Gasteiger partial charge in [0.1, 0.15) is 5.57 Å². The van der Waals surface area contributed by atoms with E-state index in [9.17, 15) is 19.2 Å². The van der Waals surface area contributed by atoms with Gasteiger partial charge in [0, 0.05) is 5.39 Å². The van der Waals surface area contributed by atoms with Crippen LogP contribution in [0.4, 0.5) is 16.2 Å². The van der Waals surface area contributed by atoms with Crippen LogP contribution in [0.3, 0.4) is 0 Å². The number of amides is 4. The zero-order chi connectivity index (χ0) is 26.1. The van der Waals surface area contributed by atoms with Crippen LogP contribution < -0.4 is 9.80 Å². The van der Waals surface area contributed by atoms with Crippen molar-refractivity contribution in [2.24, 2.45) is 0 Å². The summed E-state index contributed by atoms with van der Waals surface area (Å²) < 4.78 is 4.73. The van der Waals surface area contributed by atoms with Crippen molar-refractivity contribution in [2.45, 2.75) is 6.92 Å². The lowest BCUT2D eigenvalue weighted by molar-refractivity contribution is -0.121. The average molecular weight is 491 g/mol. The number of aryl methyl sites for hydroxylation is 1. The van der Waals surface area contributed by atoms with Crippen molar-refractivity contribution in [2.75, 3.05) is 16.9 Å². The molecule has 0 unspecified atom stereocenters. The van der Waals surface area contributed by atoms with Crippen molar-refractivity contribution in [1.82, 2.24) is 0 Å². The molecule has 7 nitrogen and oxygen atoms in total. The number of hydrogen-bond acceptors (Lipinski definition) is 5. The summed E-state index contributed by atoms with van der Waals surface area (Å²) >= 11 is 0. The van der Waals surface area contributed by atoms with E-state index < -0.39 is 23.8 Å². The molecule has 1 saturated heterocycles. The Morgan fingerprint density at radius 3 is 2.19 bits per heavy atom. The maximum atomic E-state index is 13.8. The topological polar surface area (TPSA) is 84.0 Å². The normalized spacial score (nSPS) is 15.0. The molecule has 1 aliphatic heterocycles. The molecule has 0 saturated carbocycles. The van der Waals surface area contributed by atoms with Crippen LogP contribution in [0.5, 0.6) is 0 Å². The first-order valence-electron chi connectivity index (χ1n) is 11.6. The molecule has 7 heteroatoms. The number of benzene rings is 4. The lowest BCUT2D eigenvalue weighted by Gasteiger charge is -2.34. The quantitative estimate of drug-likeness (QED) is 0.214. The highest BCUT2D eigenvalue weighted by Crippen LogP contribution is 2.34. The van der Waals surface area contributed by atoms with Gasteiger partial charge in [-0.15, -0.1) is 0 Å². The monoisotopic (exact) mass is 490 g/mol. The van der Waals surface area contributed by atoms with Crippen LogP contribution in [-0.4, -0.2) is 30.9 Å². The molecular weight excluding hydrogens is 468 g/mol. The summed E-state index contributed by atoms with van der Waals surface area (Å²) in [6.45, 7) is 1.86. The molecule has 1 fully saturated rings. The van der Waals surface area contributed by atoms with Gasteiger partial charge in [0.25, 0.3) is 11.8 Å².